The van der Waals surface area contributed by atoms with Gasteiger partial charge in [0.15, 0.2) is 0 Å². The van der Waals surface area contributed by atoms with Crippen LogP contribution in [0.2, 0.25) is 0 Å². The number of amides is 1. The Morgan fingerprint density at radius 2 is 2.06 bits per heavy atom. The van der Waals surface area contributed by atoms with Crippen molar-refractivity contribution in [1.82, 2.24) is 0 Å². The Bertz CT molecular complexity index is 386. The SMILES string of the molecule is CC[C@H]1CCN(c2ccc(OC)cc2)C(=O)C1. The Balaban J connectivity index is 2.09. The zero-order valence-corrected chi connectivity index (χ0v) is 10.5. The number of ether oxygens (including phenoxy) is 1. The number of nitrogens with zero attached hydrogens (tertiary/aromatic N) is 1. The lowest BCUT2D eigenvalue weighted by Gasteiger charge is -2.31. The second-order valence-corrected chi connectivity index (χ2v) is 4.51. The molecule has 0 radical (unpaired) electrons. The van der Waals surface area contributed by atoms with Crippen LogP contribution < -0.4 is 9.64 Å². The van der Waals surface area contributed by atoms with Crippen LogP contribution >= 0.6 is 0 Å². The summed E-state index contributed by atoms with van der Waals surface area (Å²) in [6.45, 7) is 2.99. The Morgan fingerprint density at radius 1 is 1.35 bits per heavy atom. The van der Waals surface area contributed by atoms with Crippen LogP contribution in [-0.2, 0) is 4.79 Å². The highest BCUT2D eigenvalue weighted by atomic mass is 16.5. The van der Waals surface area contributed by atoms with Crippen LogP contribution in [0.4, 0.5) is 5.69 Å². The van der Waals surface area contributed by atoms with E-state index >= 15 is 0 Å². The fourth-order valence-corrected chi connectivity index (χ4v) is 2.28. The molecule has 1 heterocycles. The first-order chi connectivity index (χ1) is 8.24. The minimum Gasteiger partial charge on any atom is -0.497 e. The number of anilines is 1. The van der Waals surface area contributed by atoms with Gasteiger partial charge in [0.1, 0.15) is 5.75 Å². The number of benzene rings is 1. The molecule has 1 atom stereocenters. The summed E-state index contributed by atoms with van der Waals surface area (Å²) < 4.78 is 5.11. The Morgan fingerprint density at radius 3 is 2.59 bits per heavy atom. The van der Waals surface area contributed by atoms with Gasteiger partial charge in [-0.15, -0.1) is 0 Å². The minimum absolute atomic E-state index is 0.244. The van der Waals surface area contributed by atoms with Gasteiger partial charge in [-0.3, -0.25) is 4.79 Å². The summed E-state index contributed by atoms with van der Waals surface area (Å²) >= 11 is 0. The summed E-state index contributed by atoms with van der Waals surface area (Å²) in [4.78, 5) is 13.9. The van der Waals surface area contributed by atoms with E-state index in [2.05, 4.69) is 6.92 Å². The van der Waals surface area contributed by atoms with Crippen LogP contribution in [0.5, 0.6) is 5.75 Å². The maximum Gasteiger partial charge on any atom is 0.227 e. The monoisotopic (exact) mass is 233 g/mol. The molecule has 1 fully saturated rings. The number of methoxy groups -OCH3 is 1. The Labute approximate surface area is 102 Å². The minimum atomic E-state index is 0.244. The predicted octanol–water partition coefficient (Wildman–Crippen LogP) is 2.85. The summed E-state index contributed by atoms with van der Waals surface area (Å²) in [5.74, 6) is 1.63. The molecule has 1 aliphatic rings. The van der Waals surface area contributed by atoms with E-state index in [0.717, 1.165) is 30.8 Å². The maximum absolute atomic E-state index is 12.0. The maximum atomic E-state index is 12.0. The van der Waals surface area contributed by atoms with E-state index in [9.17, 15) is 4.79 Å². The van der Waals surface area contributed by atoms with Crippen LogP contribution in [0.3, 0.4) is 0 Å². The van der Waals surface area contributed by atoms with Crippen molar-refractivity contribution in [3.63, 3.8) is 0 Å². The predicted molar refractivity (Wildman–Crippen MR) is 68.4 cm³/mol. The molecule has 17 heavy (non-hydrogen) atoms. The number of hydrogen-bond acceptors (Lipinski definition) is 2. The van der Waals surface area contributed by atoms with Gasteiger partial charge >= 0.3 is 0 Å². The average Bonchev–Trinajstić information content (AvgIpc) is 2.39. The van der Waals surface area contributed by atoms with Gasteiger partial charge in [0.25, 0.3) is 0 Å². The molecule has 2 rings (SSSR count). The van der Waals surface area contributed by atoms with Crippen molar-refractivity contribution in [2.75, 3.05) is 18.6 Å². The molecule has 1 aliphatic heterocycles. The Kier molecular flexibility index (Phi) is 3.67. The molecule has 1 amide bonds. The summed E-state index contributed by atoms with van der Waals surface area (Å²) in [7, 11) is 1.65. The topological polar surface area (TPSA) is 29.5 Å². The second-order valence-electron chi connectivity index (χ2n) is 4.51. The first-order valence-corrected chi connectivity index (χ1v) is 6.19. The molecule has 0 saturated carbocycles. The van der Waals surface area contributed by atoms with E-state index in [1.54, 1.807) is 7.11 Å². The van der Waals surface area contributed by atoms with Crippen LogP contribution in [0.15, 0.2) is 24.3 Å². The first-order valence-electron chi connectivity index (χ1n) is 6.19. The largest absolute Gasteiger partial charge is 0.497 e. The zero-order valence-electron chi connectivity index (χ0n) is 10.5. The molecule has 0 bridgehead atoms. The summed E-state index contributed by atoms with van der Waals surface area (Å²) in [6, 6.07) is 7.69. The van der Waals surface area contributed by atoms with Gasteiger partial charge in [-0.05, 0) is 36.6 Å². The smallest absolute Gasteiger partial charge is 0.227 e. The van der Waals surface area contributed by atoms with Gasteiger partial charge in [0, 0.05) is 18.7 Å². The molecule has 0 spiro atoms. The van der Waals surface area contributed by atoms with Crippen molar-refractivity contribution in [2.24, 2.45) is 5.92 Å². The van der Waals surface area contributed by atoms with Crippen LogP contribution in [-0.4, -0.2) is 19.6 Å². The summed E-state index contributed by atoms with van der Waals surface area (Å²) in [5.41, 5.74) is 0.977. The first kappa shape index (κ1) is 12.0. The van der Waals surface area contributed by atoms with E-state index in [1.165, 1.54) is 0 Å². The lowest BCUT2D eigenvalue weighted by Crippen LogP contribution is -2.38. The second kappa shape index (κ2) is 5.21. The molecule has 0 unspecified atom stereocenters. The van der Waals surface area contributed by atoms with E-state index in [-0.39, 0.29) is 5.91 Å². The normalized spacial score (nSPS) is 20.5. The number of carbonyl (C=O) groups is 1. The Hall–Kier alpha value is -1.51. The highest BCUT2D eigenvalue weighted by molar-refractivity contribution is 5.94. The zero-order chi connectivity index (χ0) is 12.3. The van der Waals surface area contributed by atoms with Crippen LogP contribution in [0.1, 0.15) is 26.2 Å². The molecule has 1 aromatic rings. The van der Waals surface area contributed by atoms with Crippen molar-refractivity contribution in [2.45, 2.75) is 26.2 Å². The molecule has 92 valence electrons. The highest BCUT2D eigenvalue weighted by Gasteiger charge is 2.25. The summed E-state index contributed by atoms with van der Waals surface area (Å²) in [5, 5.41) is 0. The van der Waals surface area contributed by atoms with Crippen molar-refractivity contribution in [3.8, 4) is 5.75 Å². The molecular formula is C14H19NO2. The molecule has 0 aromatic heterocycles. The highest BCUT2D eigenvalue weighted by Crippen LogP contribution is 2.27. The fraction of sp³-hybridized carbons (Fsp3) is 0.500. The van der Waals surface area contributed by atoms with Gasteiger partial charge < -0.3 is 9.64 Å². The summed E-state index contributed by atoms with van der Waals surface area (Å²) in [6.07, 6.45) is 2.89. The van der Waals surface area contributed by atoms with Gasteiger partial charge in [0.2, 0.25) is 5.91 Å². The number of rotatable bonds is 3. The van der Waals surface area contributed by atoms with Crippen LogP contribution in [0.25, 0.3) is 0 Å². The number of hydrogen-bond donors (Lipinski definition) is 0. The quantitative estimate of drug-likeness (QED) is 0.803. The molecule has 3 nitrogen and oxygen atoms in total. The van der Waals surface area contributed by atoms with Gasteiger partial charge in [0.05, 0.1) is 7.11 Å². The molecule has 0 aliphatic carbocycles. The standard InChI is InChI=1S/C14H19NO2/c1-3-11-8-9-15(14(16)10-11)12-4-6-13(17-2)7-5-12/h4-7,11H,3,8-10H2,1-2H3/t11-/m0/s1. The van der Waals surface area contributed by atoms with Crippen molar-refractivity contribution in [1.29, 1.82) is 0 Å². The third-order valence-corrected chi connectivity index (χ3v) is 3.49. The van der Waals surface area contributed by atoms with E-state index in [1.807, 2.05) is 29.2 Å². The van der Waals surface area contributed by atoms with Gasteiger partial charge in [-0.2, -0.15) is 0 Å². The lowest BCUT2D eigenvalue weighted by molar-refractivity contribution is -0.120. The van der Waals surface area contributed by atoms with Crippen LogP contribution in [0, 0.1) is 5.92 Å². The number of carbonyl (C=O) groups excluding carboxylic acids is 1. The van der Waals surface area contributed by atoms with Gasteiger partial charge in [-0.25, -0.2) is 0 Å². The lowest BCUT2D eigenvalue weighted by atomic mass is 9.93. The van der Waals surface area contributed by atoms with Crippen molar-refractivity contribution >= 4 is 11.6 Å². The molecule has 3 heteroatoms. The fourth-order valence-electron chi connectivity index (χ4n) is 2.28. The van der Waals surface area contributed by atoms with Gasteiger partial charge in [-0.1, -0.05) is 13.3 Å². The molecular weight excluding hydrogens is 214 g/mol. The number of piperidine rings is 1. The third-order valence-electron chi connectivity index (χ3n) is 3.49. The van der Waals surface area contributed by atoms with E-state index in [0.29, 0.717) is 12.3 Å². The molecule has 0 N–H and O–H groups in total. The van der Waals surface area contributed by atoms with E-state index in [4.69, 9.17) is 4.74 Å². The average molecular weight is 233 g/mol. The van der Waals surface area contributed by atoms with Crippen molar-refractivity contribution in [3.05, 3.63) is 24.3 Å². The molecule has 1 aromatic carbocycles. The molecule has 1 saturated heterocycles. The van der Waals surface area contributed by atoms with E-state index < -0.39 is 0 Å². The third kappa shape index (κ3) is 2.60. The van der Waals surface area contributed by atoms with Crippen molar-refractivity contribution < 1.29 is 9.53 Å².